The van der Waals surface area contributed by atoms with Crippen LogP contribution in [0.2, 0.25) is 0 Å². The number of hydrogen-bond acceptors (Lipinski definition) is 5. The van der Waals surface area contributed by atoms with E-state index in [1.165, 1.54) is 27.1 Å². The number of nitrogens with zero attached hydrogens (tertiary/aromatic N) is 1. The maximum absolute atomic E-state index is 13.0. The summed E-state index contributed by atoms with van der Waals surface area (Å²) in [7, 11) is 2.98. The molecule has 1 saturated carbocycles. The van der Waals surface area contributed by atoms with E-state index in [2.05, 4.69) is 10.3 Å². The fourth-order valence-electron chi connectivity index (χ4n) is 4.36. The second-order valence-electron chi connectivity index (χ2n) is 8.43. The van der Waals surface area contributed by atoms with Gasteiger partial charge in [0.05, 0.1) is 31.7 Å². The van der Waals surface area contributed by atoms with E-state index in [4.69, 9.17) is 9.47 Å². The highest BCUT2D eigenvalue weighted by molar-refractivity contribution is 5.94. The first kappa shape index (κ1) is 22.6. The van der Waals surface area contributed by atoms with Gasteiger partial charge in [-0.25, -0.2) is 4.79 Å². The van der Waals surface area contributed by atoms with E-state index in [1.54, 1.807) is 36.4 Å². The summed E-state index contributed by atoms with van der Waals surface area (Å²) < 4.78 is 11.7. The lowest BCUT2D eigenvalue weighted by atomic mass is 10.1. The van der Waals surface area contributed by atoms with Crippen molar-refractivity contribution in [1.82, 2.24) is 14.9 Å². The number of benzene rings is 2. The summed E-state index contributed by atoms with van der Waals surface area (Å²) in [6, 6.07) is 10.4. The first-order valence-electron chi connectivity index (χ1n) is 11.3. The van der Waals surface area contributed by atoms with Gasteiger partial charge in [-0.3, -0.25) is 14.2 Å². The van der Waals surface area contributed by atoms with Crippen LogP contribution in [-0.4, -0.2) is 35.7 Å². The van der Waals surface area contributed by atoms with Gasteiger partial charge in [-0.15, -0.1) is 0 Å². The van der Waals surface area contributed by atoms with E-state index in [1.807, 2.05) is 0 Å². The van der Waals surface area contributed by atoms with Gasteiger partial charge in [-0.2, -0.15) is 0 Å². The molecular formula is C25H29N3O5. The topological polar surface area (TPSA) is 102 Å². The summed E-state index contributed by atoms with van der Waals surface area (Å²) in [6.45, 7) is 0.0863. The Hall–Kier alpha value is -3.55. The second kappa shape index (κ2) is 9.94. The van der Waals surface area contributed by atoms with E-state index >= 15 is 0 Å². The molecule has 2 aromatic carbocycles. The van der Waals surface area contributed by atoms with Crippen molar-refractivity contribution in [1.29, 1.82) is 0 Å². The van der Waals surface area contributed by atoms with Gasteiger partial charge in [0.2, 0.25) is 0 Å². The maximum Gasteiger partial charge on any atom is 0.329 e. The lowest BCUT2D eigenvalue weighted by Gasteiger charge is -2.16. The zero-order chi connectivity index (χ0) is 23.4. The largest absolute Gasteiger partial charge is 0.493 e. The average molecular weight is 452 g/mol. The molecule has 1 aliphatic rings. The predicted molar refractivity (Wildman–Crippen MR) is 126 cm³/mol. The lowest BCUT2D eigenvalue weighted by Crippen LogP contribution is -2.35. The molecule has 1 aromatic heterocycles. The third-order valence-electron chi connectivity index (χ3n) is 6.23. The summed E-state index contributed by atoms with van der Waals surface area (Å²) in [5.74, 6) is 0.746. The SMILES string of the molecule is COc1cc2[nH]c(=O)n(Cc3ccc(C(=O)NC4CCCCCC4)cc3)c(=O)c2cc1OC. The van der Waals surface area contributed by atoms with Crippen molar-refractivity contribution in [2.75, 3.05) is 14.2 Å². The normalized spacial score (nSPS) is 14.6. The zero-order valence-electron chi connectivity index (χ0n) is 19.0. The molecule has 0 aliphatic heterocycles. The van der Waals surface area contributed by atoms with Crippen LogP contribution in [-0.2, 0) is 6.54 Å². The minimum absolute atomic E-state index is 0.0863. The van der Waals surface area contributed by atoms with Crippen LogP contribution in [0.4, 0.5) is 0 Å². The van der Waals surface area contributed by atoms with Crippen LogP contribution in [0.1, 0.15) is 54.4 Å². The number of carbonyl (C=O) groups is 1. The van der Waals surface area contributed by atoms with Crippen LogP contribution >= 0.6 is 0 Å². The Balaban J connectivity index is 1.55. The molecule has 0 radical (unpaired) electrons. The van der Waals surface area contributed by atoms with Gasteiger partial charge in [0.25, 0.3) is 11.5 Å². The summed E-state index contributed by atoms with van der Waals surface area (Å²) in [5, 5.41) is 3.46. The molecule has 3 aromatic rings. The Labute approximate surface area is 191 Å². The van der Waals surface area contributed by atoms with Crippen LogP contribution in [0.5, 0.6) is 11.5 Å². The average Bonchev–Trinajstić information content (AvgIpc) is 3.10. The van der Waals surface area contributed by atoms with Gasteiger partial charge in [0, 0.05) is 17.7 Å². The zero-order valence-corrected chi connectivity index (χ0v) is 19.0. The number of amides is 1. The maximum atomic E-state index is 13.0. The number of nitrogens with one attached hydrogen (secondary N) is 2. The summed E-state index contributed by atoms with van der Waals surface area (Å²) in [5.41, 5.74) is 0.747. The molecule has 0 unspecified atom stereocenters. The quantitative estimate of drug-likeness (QED) is 0.561. The molecule has 8 nitrogen and oxygen atoms in total. The first-order chi connectivity index (χ1) is 16.0. The molecule has 1 heterocycles. The van der Waals surface area contributed by atoms with Crippen LogP contribution in [0, 0.1) is 0 Å². The molecule has 0 spiro atoms. The van der Waals surface area contributed by atoms with E-state index in [-0.39, 0.29) is 18.5 Å². The smallest absolute Gasteiger partial charge is 0.329 e. The van der Waals surface area contributed by atoms with E-state index in [9.17, 15) is 14.4 Å². The molecule has 0 saturated heterocycles. The summed E-state index contributed by atoms with van der Waals surface area (Å²) >= 11 is 0. The fourth-order valence-corrected chi connectivity index (χ4v) is 4.36. The number of aromatic nitrogens is 2. The molecule has 2 N–H and O–H groups in total. The van der Waals surface area contributed by atoms with Gasteiger partial charge in [0.15, 0.2) is 11.5 Å². The minimum Gasteiger partial charge on any atom is -0.493 e. The van der Waals surface area contributed by atoms with Gasteiger partial charge in [0.1, 0.15) is 0 Å². The lowest BCUT2D eigenvalue weighted by molar-refractivity contribution is 0.0933. The predicted octanol–water partition coefficient (Wildman–Crippen LogP) is 3.21. The number of fused-ring (bicyclic) bond motifs is 1. The summed E-state index contributed by atoms with van der Waals surface area (Å²) in [4.78, 5) is 41.0. The van der Waals surface area contributed by atoms with Gasteiger partial charge < -0.3 is 19.8 Å². The second-order valence-corrected chi connectivity index (χ2v) is 8.43. The van der Waals surface area contributed by atoms with Gasteiger partial charge in [-0.05, 0) is 36.6 Å². The standard InChI is InChI=1S/C25H29N3O5/c1-32-21-13-19-20(14-22(21)33-2)27-25(31)28(24(19)30)15-16-9-11-17(12-10-16)23(29)26-18-7-5-3-4-6-8-18/h9-14,18H,3-8,15H2,1-2H3,(H,26,29)(H,27,31). The van der Waals surface area contributed by atoms with Crippen molar-refractivity contribution in [3.8, 4) is 11.5 Å². The first-order valence-corrected chi connectivity index (χ1v) is 11.3. The van der Waals surface area contributed by atoms with E-state index in [0.29, 0.717) is 28.0 Å². The van der Waals surface area contributed by atoms with E-state index < -0.39 is 11.2 Å². The van der Waals surface area contributed by atoms with Crippen molar-refractivity contribution in [2.24, 2.45) is 0 Å². The third kappa shape index (κ3) is 4.94. The number of ether oxygens (including phenoxy) is 2. The van der Waals surface area contributed by atoms with E-state index in [0.717, 1.165) is 35.8 Å². The molecule has 1 fully saturated rings. The van der Waals surface area contributed by atoms with Crippen molar-refractivity contribution < 1.29 is 14.3 Å². The van der Waals surface area contributed by atoms with Crippen molar-refractivity contribution in [3.63, 3.8) is 0 Å². The molecule has 1 amide bonds. The molecule has 8 heteroatoms. The van der Waals surface area contributed by atoms with Gasteiger partial charge >= 0.3 is 5.69 Å². The Bertz CT molecular complexity index is 1250. The number of aromatic amines is 1. The Kier molecular flexibility index (Phi) is 6.82. The number of rotatable bonds is 6. The fraction of sp³-hybridized carbons (Fsp3) is 0.400. The molecule has 174 valence electrons. The highest BCUT2D eigenvalue weighted by Gasteiger charge is 2.16. The van der Waals surface area contributed by atoms with Crippen LogP contribution in [0.25, 0.3) is 10.9 Å². The monoisotopic (exact) mass is 451 g/mol. The summed E-state index contributed by atoms with van der Waals surface area (Å²) in [6.07, 6.45) is 6.81. The number of hydrogen-bond donors (Lipinski definition) is 2. The molecule has 33 heavy (non-hydrogen) atoms. The van der Waals surface area contributed by atoms with Crippen molar-refractivity contribution >= 4 is 16.8 Å². The molecule has 0 atom stereocenters. The third-order valence-corrected chi connectivity index (χ3v) is 6.23. The highest BCUT2D eigenvalue weighted by Crippen LogP contribution is 2.29. The Morgan fingerprint density at radius 1 is 1.00 bits per heavy atom. The molecule has 4 rings (SSSR count). The minimum atomic E-state index is -0.519. The molecule has 1 aliphatic carbocycles. The Morgan fingerprint density at radius 3 is 2.27 bits per heavy atom. The van der Waals surface area contributed by atoms with Crippen LogP contribution < -0.4 is 26.0 Å². The van der Waals surface area contributed by atoms with Gasteiger partial charge in [-0.1, -0.05) is 37.8 Å². The molecular weight excluding hydrogens is 422 g/mol. The molecule has 0 bridgehead atoms. The Morgan fingerprint density at radius 2 is 1.64 bits per heavy atom. The van der Waals surface area contributed by atoms with Crippen molar-refractivity contribution in [2.45, 2.75) is 51.1 Å². The van der Waals surface area contributed by atoms with Crippen molar-refractivity contribution in [3.05, 3.63) is 68.4 Å². The number of carbonyl (C=O) groups excluding carboxylic acids is 1. The van der Waals surface area contributed by atoms with Crippen LogP contribution in [0.3, 0.4) is 0 Å². The number of H-pyrrole nitrogens is 1. The van der Waals surface area contributed by atoms with Crippen LogP contribution in [0.15, 0.2) is 46.0 Å². The highest BCUT2D eigenvalue weighted by atomic mass is 16.5. The number of methoxy groups -OCH3 is 2.